The minimum absolute atomic E-state index is 0.0113. The number of ether oxygens (including phenoxy) is 4. The van der Waals surface area contributed by atoms with Gasteiger partial charge in [0.25, 0.3) is 0 Å². The molecule has 3 rings (SSSR count). The zero-order valence-electron chi connectivity index (χ0n) is 43.8. The Morgan fingerprint density at radius 1 is 0.824 bits per heavy atom. The SMILES string of the molecule is CC[C@H](C)[C@@H]([C@@H](CC(=O)N1CCC[C@H]1[C@H](OC)[C@@H](C)C(=O)N[C@@H](Cc1ccccc1)C(=O)OC)OC)N(C)C(=O)[C@@H](CC(=O)[C@H](C(C)C)N(C)Cc1cccc(CC(=O)OC(C)(C)C)c1)C(C)C. The van der Waals surface area contributed by atoms with Crippen LogP contribution in [0.3, 0.4) is 0 Å². The number of carbonyl (C=O) groups excluding carboxylic acids is 6. The standard InChI is InChI=1S/C54H84N4O10/c1-16-36(6)49(45(65-13)32-46(60)58-27-21-26-43(58)50(66-14)37(7)51(62)55-42(53(64)67-15)29-38-22-18-17-19-23-38)57(12)52(63)41(34(2)3)31-44(59)48(35(4)5)56(11)33-40-25-20-24-39(28-40)30-47(61)68-54(8,9)10/h17-20,22-25,28,34-37,41-43,45,48-50H,16,21,26-27,29-33H2,1-15H3,(H,55,62)/t36-,37+,41-,42-,43-,45+,48-,49-,50+/m0/s1. The van der Waals surface area contributed by atoms with Crippen molar-refractivity contribution in [3.63, 3.8) is 0 Å². The zero-order valence-corrected chi connectivity index (χ0v) is 43.8. The number of amides is 3. The Kier molecular flexibility index (Phi) is 22.8. The fourth-order valence-corrected chi connectivity index (χ4v) is 9.90. The molecule has 3 amide bonds. The summed E-state index contributed by atoms with van der Waals surface area (Å²) in [6, 6.07) is 14.9. The number of benzene rings is 2. The average molecular weight is 949 g/mol. The number of methoxy groups -OCH3 is 3. The normalized spacial score (nSPS) is 17.7. The van der Waals surface area contributed by atoms with Crippen molar-refractivity contribution in [3.05, 3.63) is 71.3 Å². The van der Waals surface area contributed by atoms with Crippen LogP contribution in [-0.2, 0) is 67.1 Å². The van der Waals surface area contributed by atoms with Crippen molar-refractivity contribution in [1.82, 2.24) is 20.0 Å². The molecule has 14 nitrogen and oxygen atoms in total. The Balaban J connectivity index is 1.78. The van der Waals surface area contributed by atoms with Gasteiger partial charge >= 0.3 is 11.9 Å². The largest absolute Gasteiger partial charge is 0.467 e. The van der Waals surface area contributed by atoms with Gasteiger partial charge in [0.1, 0.15) is 11.6 Å². The number of esters is 2. The molecule has 0 aliphatic carbocycles. The molecule has 68 heavy (non-hydrogen) atoms. The number of hydrogen-bond acceptors (Lipinski definition) is 11. The molecule has 1 aliphatic heterocycles. The third kappa shape index (κ3) is 16.5. The van der Waals surface area contributed by atoms with Gasteiger partial charge < -0.3 is 34.1 Å². The molecular weight excluding hydrogens is 865 g/mol. The molecule has 2 aromatic carbocycles. The first-order chi connectivity index (χ1) is 32.0. The van der Waals surface area contributed by atoms with E-state index in [4.69, 9.17) is 18.9 Å². The minimum Gasteiger partial charge on any atom is -0.467 e. The first-order valence-corrected chi connectivity index (χ1v) is 24.5. The van der Waals surface area contributed by atoms with Crippen LogP contribution < -0.4 is 5.32 Å². The summed E-state index contributed by atoms with van der Waals surface area (Å²) in [4.78, 5) is 88.3. The van der Waals surface area contributed by atoms with E-state index >= 15 is 0 Å². The van der Waals surface area contributed by atoms with E-state index in [0.29, 0.717) is 32.4 Å². The molecule has 1 N–H and O–H groups in total. The summed E-state index contributed by atoms with van der Waals surface area (Å²) < 4.78 is 22.7. The summed E-state index contributed by atoms with van der Waals surface area (Å²) in [5, 5.41) is 2.87. The van der Waals surface area contributed by atoms with Crippen molar-refractivity contribution in [1.29, 1.82) is 0 Å². The van der Waals surface area contributed by atoms with Crippen LogP contribution in [0.2, 0.25) is 0 Å². The molecule has 9 atom stereocenters. The van der Waals surface area contributed by atoms with Crippen LogP contribution in [0.25, 0.3) is 0 Å². The van der Waals surface area contributed by atoms with Crippen molar-refractivity contribution in [2.75, 3.05) is 42.0 Å². The lowest BCUT2D eigenvalue weighted by molar-refractivity contribution is -0.154. The van der Waals surface area contributed by atoms with E-state index in [-0.39, 0.29) is 72.9 Å². The van der Waals surface area contributed by atoms with Crippen molar-refractivity contribution in [2.24, 2.45) is 29.6 Å². The molecule has 1 aliphatic rings. The van der Waals surface area contributed by atoms with Crippen LogP contribution in [0.1, 0.15) is 118 Å². The number of ketones is 1. The number of hydrogen-bond donors (Lipinski definition) is 1. The van der Waals surface area contributed by atoms with Crippen LogP contribution in [0.15, 0.2) is 54.6 Å². The topological polar surface area (TPSA) is 161 Å². The Labute approximate surface area is 407 Å². The molecule has 0 unspecified atom stereocenters. The first-order valence-electron chi connectivity index (χ1n) is 24.5. The van der Waals surface area contributed by atoms with Gasteiger partial charge in [-0.15, -0.1) is 0 Å². The fraction of sp³-hybridized carbons (Fsp3) is 0.667. The van der Waals surface area contributed by atoms with Crippen LogP contribution >= 0.6 is 0 Å². The van der Waals surface area contributed by atoms with E-state index in [2.05, 4.69) is 5.32 Å². The molecule has 2 aromatic rings. The fourth-order valence-electron chi connectivity index (χ4n) is 9.90. The summed E-state index contributed by atoms with van der Waals surface area (Å²) in [7, 11) is 8.05. The first kappa shape index (κ1) is 57.7. The van der Waals surface area contributed by atoms with Crippen LogP contribution in [0, 0.1) is 29.6 Å². The van der Waals surface area contributed by atoms with Gasteiger partial charge in [-0.05, 0) is 75.1 Å². The molecule has 0 bridgehead atoms. The molecule has 0 spiro atoms. The Hall–Kier alpha value is -4.66. The molecular formula is C54H84N4O10. The van der Waals surface area contributed by atoms with Gasteiger partial charge in [-0.1, -0.05) is 109 Å². The Bertz CT molecular complexity index is 1950. The zero-order chi connectivity index (χ0) is 51.0. The maximum Gasteiger partial charge on any atom is 0.328 e. The molecule has 14 heteroatoms. The van der Waals surface area contributed by atoms with Gasteiger partial charge in [-0.25, -0.2) is 4.79 Å². The smallest absolute Gasteiger partial charge is 0.328 e. The molecule has 380 valence electrons. The second kappa shape index (κ2) is 26.9. The lowest BCUT2D eigenvalue weighted by Gasteiger charge is -2.41. The van der Waals surface area contributed by atoms with Crippen molar-refractivity contribution in [2.45, 2.75) is 163 Å². The van der Waals surface area contributed by atoms with E-state index in [1.54, 1.807) is 30.9 Å². The number of rotatable bonds is 26. The minimum atomic E-state index is -0.907. The molecule has 0 aromatic heterocycles. The van der Waals surface area contributed by atoms with E-state index in [9.17, 15) is 28.8 Å². The second-order valence-corrected chi connectivity index (χ2v) is 20.6. The summed E-state index contributed by atoms with van der Waals surface area (Å²) >= 11 is 0. The van der Waals surface area contributed by atoms with E-state index in [0.717, 1.165) is 16.7 Å². The highest BCUT2D eigenvalue weighted by Gasteiger charge is 2.44. The third-order valence-corrected chi connectivity index (χ3v) is 13.5. The van der Waals surface area contributed by atoms with Gasteiger partial charge in [0.05, 0.1) is 56.2 Å². The van der Waals surface area contributed by atoms with Gasteiger partial charge in [0, 0.05) is 53.1 Å². The number of nitrogens with zero attached hydrogens (tertiary/aromatic N) is 3. The van der Waals surface area contributed by atoms with Crippen LogP contribution in [0.5, 0.6) is 0 Å². The highest BCUT2D eigenvalue weighted by atomic mass is 16.6. The lowest BCUT2D eigenvalue weighted by atomic mass is 9.83. The highest BCUT2D eigenvalue weighted by Crippen LogP contribution is 2.31. The summed E-state index contributed by atoms with van der Waals surface area (Å²) in [6.07, 6.45) is 1.14. The van der Waals surface area contributed by atoms with Crippen molar-refractivity contribution >= 4 is 35.4 Å². The van der Waals surface area contributed by atoms with Crippen molar-refractivity contribution in [3.8, 4) is 0 Å². The maximum atomic E-state index is 14.8. The van der Waals surface area contributed by atoms with Gasteiger partial charge in [0.2, 0.25) is 17.7 Å². The number of nitrogens with one attached hydrogen (secondary N) is 1. The number of Topliss-reactive ketones (excluding diaryl/α,β-unsaturated/α-hetero) is 1. The van der Waals surface area contributed by atoms with Crippen LogP contribution in [0.4, 0.5) is 0 Å². The number of likely N-dealkylation sites (N-methyl/N-ethyl adjacent to an activating group) is 2. The van der Waals surface area contributed by atoms with Crippen LogP contribution in [-0.4, -0.2) is 134 Å². The Morgan fingerprint density at radius 3 is 2.01 bits per heavy atom. The van der Waals surface area contributed by atoms with Gasteiger partial charge in [-0.2, -0.15) is 0 Å². The average Bonchev–Trinajstić information content (AvgIpc) is 3.76. The maximum absolute atomic E-state index is 14.8. The van der Waals surface area contributed by atoms with Gasteiger partial charge in [-0.3, -0.25) is 28.9 Å². The molecule has 1 saturated heterocycles. The van der Waals surface area contributed by atoms with E-state index in [1.165, 1.54) is 14.2 Å². The predicted molar refractivity (Wildman–Crippen MR) is 264 cm³/mol. The second-order valence-electron chi connectivity index (χ2n) is 20.6. The number of carbonyl (C=O) groups is 6. The lowest BCUT2D eigenvalue weighted by Crippen LogP contribution is -2.55. The third-order valence-electron chi connectivity index (χ3n) is 13.5. The predicted octanol–water partition coefficient (Wildman–Crippen LogP) is 7.08. The monoisotopic (exact) mass is 949 g/mol. The van der Waals surface area contributed by atoms with E-state index < -0.39 is 59.8 Å². The molecule has 1 heterocycles. The van der Waals surface area contributed by atoms with Gasteiger partial charge in [0.15, 0.2) is 5.78 Å². The number of likely N-dealkylation sites (tertiary alicyclic amines) is 1. The summed E-state index contributed by atoms with van der Waals surface area (Å²) in [5.74, 6) is -3.23. The van der Waals surface area contributed by atoms with E-state index in [1.807, 2.05) is 129 Å². The molecule has 1 fully saturated rings. The highest BCUT2D eigenvalue weighted by molar-refractivity contribution is 5.90. The quantitative estimate of drug-likeness (QED) is 0.0961. The summed E-state index contributed by atoms with van der Waals surface area (Å²) in [5.41, 5.74) is 2.08. The molecule has 0 radical (unpaired) electrons. The molecule has 0 saturated carbocycles. The summed E-state index contributed by atoms with van der Waals surface area (Å²) in [6.45, 7) is 20.2. The van der Waals surface area contributed by atoms with Crippen molar-refractivity contribution < 1.29 is 47.7 Å². The Morgan fingerprint density at radius 2 is 1.46 bits per heavy atom.